The van der Waals surface area contributed by atoms with Crippen molar-refractivity contribution in [2.24, 2.45) is 5.73 Å². The van der Waals surface area contributed by atoms with Gasteiger partial charge in [-0.05, 0) is 17.7 Å². The molecule has 0 saturated carbocycles. The molecule has 4 heteroatoms. The van der Waals surface area contributed by atoms with Gasteiger partial charge in [0, 0.05) is 16.3 Å². The number of amides is 1. The molecule has 1 heterocycles. The van der Waals surface area contributed by atoms with Gasteiger partial charge in [0.15, 0.2) is 0 Å². The number of aromatic nitrogens is 1. The van der Waals surface area contributed by atoms with E-state index >= 15 is 0 Å². The zero-order valence-corrected chi connectivity index (χ0v) is 10.0. The highest BCUT2D eigenvalue weighted by atomic mass is 19.1. The summed E-state index contributed by atoms with van der Waals surface area (Å²) in [7, 11) is 0. The summed E-state index contributed by atoms with van der Waals surface area (Å²) in [5.41, 5.74) is 7.04. The molecule has 3 nitrogen and oxygen atoms in total. The van der Waals surface area contributed by atoms with Crippen LogP contribution in [0.4, 0.5) is 4.39 Å². The Kier molecular flexibility index (Phi) is 2.38. The Morgan fingerprint density at radius 2 is 2.11 bits per heavy atom. The predicted molar refractivity (Wildman–Crippen MR) is 74.4 cm³/mol. The molecule has 19 heavy (non-hydrogen) atoms. The first-order valence-electron chi connectivity index (χ1n) is 5.78. The maximum Gasteiger partial charge on any atom is 0.253 e. The number of hydrogen-bond acceptors (Lipinski definition) is 1. The standard InChI is InChI=1S/C15H11FN2O/c1-2-8-7-10(16)13(15(17)19)14-12(8)9-5-3-4-6-11(9)18-14/h2-7,18H,1H2,(H2,17,19). The zero-order valence-electron chi connectivity index (χ0n) is 10.0. The van der Waals surface area contributed by atoms with E-state index in [0.29, 0.717) is 11.1 Å². The molecule has 0 unspecified atom stereocenters. The summed E-state index contributed by atoms with van der Waals surface area (Å²) in [6, 6.07) is 8.81. The third-order valence-corrected chi connectivity index (χ3v) is 3.23. The molecule has 2 aromatic carbocycles. The number of hydrogen-bond donors (Lipinski definition) is 2. The fourth-order valence-electron chi connectivity index (χ4n) is 2.43. The van der Waals surface area contributed by atoms with E-state index in [2.05, 4.69) is 11.6 Å². The summed E-state index contributed by atoms with van der Waals surface area (Å²) in [5, 5.41) is 1.68. The smallest absolute Gasteiger partial charge is 0.253 e. The highest BCUT2D eigenvalue weighted by Gasteiger charge is 2.18. The van der Waals surface area contributed by atoms with Gasteiger partial charge >= 0.3 is 0 Å². The fourth-order valence-corrected chi connectivity index (χ4v) is 2.43. The van der Waals surface area contributed by atoms with Crippen LogP contribution in [0.15, 0.2) is 36.9 Å². The van der Waals surface area contributed by atoms with Crippen LogP contribution in [-0.4, -0.2) is 10.9 Å². The van der Waals surface area contributed by atoms with Crippen molar-refractivity contribution in [3.8, 4) is 0 Å². The van der Waals surface area contributed by atoms with Crippen molar-refractivity contribution in [2.45, 2.75) is 0 Å². The monoisotopic (exact) mass is 254 g/mol. The fraction of sp³-hybridized carbons (Fsp3) is 0. The summed E-state index contributed by atoms with van der Waals surface area (Å²) in [5.74, 6) is -1.42. The Labute approximate surface area is 108 Å². The van der Waals surface area contributed by atoms with Gasteiger partial charge in [0.2, 0.25) is 0 Å². The number of benzene rings is 2. The third-order valence-electron chi connectivity index (χ3n) is 3.23. The molecular weight excluding hydrogens is 243 g/mol. The number of rotatable bonds is 2. The molecule has 94 valence electrons. The van der Waals surface area contributed by atoms with Gasteiger partial charge in [-0.15, -0.1) is 0 Å². The summed E-state index contributed by atoms with van der Waals surface area (Å²) in [4.78, 5) is 14.5. The summed E-state index contributed by atoms with van der Waals surface area (Å²) < 4.78 is 14.0. The summed E-state index contributed by atoms with van der Waals surface area (Å²) in [6.45, 7) is 3.69. The Morgan fingerprint density at radius 1 is 1.37 bits per heavy atom. The lowest BCUT2D eigenvalue weighted by molar-refractivity contribution is 0.0998. The number of carbonyl (C=O) groups is 1. The van der Waals surface area contributed by atoms with E-state index < -0.39 is 11.7 Å². The first kappa shape index (κ1) is 11.5. The molecule has 0 aliphatic heterocycles. The second kappa shape index (κ2) is 3.95. The van der Waals surface area contributed by atoms with Crippen molar-refractivity contribution in [1.82, 2.24) is 4.98 Å². The van der Waals surface area contributed by atoms with E-state index in [4.69, 9.17) is 5.73 Å². The Morgan fingerprint density at radius 3 is 2.79 bits per heavy atom. The van der Waals surface area contributed by atoms with Crippen LogP contribution in [-0.2, 0) is 0 Å². The van der Waals surface area contributed by atoms with Crippen LogP contribution >= 0.6 is 0 Å². The lowest BCUT2D eigenvalue weighted by Crippen LogP contribution is -2.14. The average molecular weight is 254 g/mol. The number of nitrogens with two attached hydrogens (primary N) is 1. The number of carbonyl (C=O) groups excluding carboxylic acids is 1. The molecule has 0 atom stereocenters. The average Bonchev–Trinajstić information content (AvgIpc) is 2.75. The minimum Gasteiger partial charge on any atom is -0.365 e. The number of fused-ring (bicyclic) bond motifs is 3. The van der Waals surface area contributed by atoms with Crippen molar-refractivity contribution < 1.29 is 9.18 Å². The summed E-state index contributed by atoms with van der Waals surface area (Å²) in [6.07, 6.45) is 1.57. The molecule has 0 aliphatic carbocycles. The van der Waals surface area contributed by atoms with Gasteiger partial charge in [0.25, 0.3) is 5.91 Å². The molecule has 0 aliphatic rings. The van der Waals surface area contributed by atoms with E-state index in [9.17, 15) is 9.18 Å². The molecule has 0 bridgehead atoms. The van der Waals surface area contributed by atoms with Gasteiger partial charge in [0.1, 0.15) is 5.82 Å². The predicted octanol–water partition coefficient (Wildman–Crippen LogP) is 3.20. The topological polar surface area (TPSA) is 58.9 Å². The Balaban J connectivity index is 2.63. The van der Waals surface area contributed by atoms with Crippen molar-refractivity contribution in [3.05, 3.63) is 53.9 Å². The molecule has 1 aromatic heterocycles. The second-order valence-corrected chi connectivity index (χ2v) is 4.31. The SMILES string of the molecule is C=Cc1cc(F)c(C(N)=O)c2[nH]c3ccccc3c12. The van der Waals surface area contributed by atoms with Crippen molar-refractivity contribution in [1.29, 1.82) is 0 Å². The van der Waals surface area contributed by atoms with Gasteiger partial charge in [-0.3, -0.25) is 4.79 Å². The molecule has 0 spiro atoms. The number of halogens is 1. The van der Waals surface area contributed by atoms with E-state index in [1.165, 1.54) is 6.07 Å². The number of nitrogens with one attached hydrogen (secondary N) is 1. The van der Waals surface area contributed by atoms with Crippen LogP contribution in [0.1, 0.15) is 15.9 Å². The van der Waals surface area contributed by atoms with E-state index in [0.717, 1.165) is 16.3 Å². The largest absolute Gasteiger partial charge is 0.365 e. The normalized spacial score (nSPS) is 11.0. The highest BCUT2D eigenvalue weighted by molar-refractivity contribution is 6.17. The lowest BCUT2D eigenvalue weighted by Gasteiger charge is -2.04. The molecule has 3 aromatic rings. The molecule has 0 saturated heterocycles. The van der Waals surface area contributed by atoms with Crippen LogP contribution in [0.5, 0.6) is 0 Å². The van der Waals surface area contributed by atoms with Gasteiger partial charge < -0.3 is 10.7 Å². The number of H-pyrrole nitrogens is 1. The molecule has 0 radical (unpaired) electrons. The molecule has 1 amide bonds. The maximum atomic E-state index is 14.0. The van der Waals surface area contributed by atoms with Crippen LogP contribution < -0.4 is 5.73 Å². The van der Waals surface area contributed by atoms with Crippen LogP contribution in [0.3, 0.4) is 0 Å². The molecule has 3 rings (SSSR count). The van der Waals surface area contributed by atoms with Gasteiger partial charge in [0.05, 0.1) is 11.1 Å². The quantitative estimate of drug-likeness (QED) is 0.724. The highest BCUT2D eigenvalue weighted by Crippen LogP contribution is 2.32. The summed E-state index contributed by atoms with van der Waals surface area (Å²) >= 11 is 0. The van der Waals surface area contributed by atoms with Crippen molar-refractivity contribution in [2.75, 3.05) is 0 Å². The van der Waals surface area contributed by atoms with Crippen molar-refractivity contribution >= 4 is 33.8 Å². The number of aromatic amines is 1. The molecule has 0 fully saturated rings. The first-order chi connectivity index (χ1) is 9.13. The Bertz CT molecular complexity index is 833. The van der Waals surface area contributed by atoms with E-state index in [1.807, 2.05) is 24.3 Å². The number of para-hydroxylation sites is 1. The van der Waals surface area contributed by atoms with Gasteiger partial charge in [-0.25, -0.2) is 4.39 Å². The van der Waals surface area contributed by atoms with Crippen LogP contribution in [0, 0.1) is 5.82 Å². The van der Waals surface area contributed by atoms with E-state index in [1.54, 1.807) is 6.08 Å². The number of primary amides is 1. The molecule has 3 N–H and O–H groups in total. The minimum absolute atomic E-state index is 0.114. The Hall–Kier alpha value is -2.62. The van der Waals surface area contributed by atoms with Crippen LogP contribution in [0.2, 0.25) is 0 Å². The van der Waals surface area contributed by atoms with Gasteiger partial charge in [-0.2, -0.15) is 0 Å². The minimum atomic E-state index is -0.787. The third kappa shape index (κ3) is 1.53. The lowest BCUT2D eigenvalue weighted by atomic mass is 10.0. The zero-order chi connectivity index (χ0) is 13.6. The second-order valence-electron chi connectivity index (χ2n) is 4.31. The maximum absolute atomic E-state index is 14.0. The molecular formula is C15H11FN2O. The first-order valence-corrected chi connectivity index (χ1v) is 5.78. The van der Waals surface area contributed by atoms with Gasteiger partial charge in [-0.1, -0.05) is 30.9 Å². The van der Waals surface area contributed by atoms with Crippen LogP contribution in [0.25, 0.3) is 27.9 Å². The van der Waals surface area contributed by atoms with E-state index in [-0.39, 0.29) is 5.56 Å². The van der Waals surface area contributed by atoms with Crippen molar-refractivity contribution in [3.63, 3.8) is 0 Å².